The number of nitrogens with zero attached hydrogens (tertiary/aromatic N) is 2. The zero-order valence-corrected chi connectivity index (χ0v) is 13.3. The topological polar surface area (TPSA) is 51.7 Å². The number of rotatable bonds is 4. The van der Waals surface area contributed by atoms with E-state index >= 15 is 0 Å². The molecule has 3 rings (SSSR count). The molecule has 5 nitrogen and oxygen atoms in total. The van der Waals surface area contributed by atoms with Gasteiger partial charge in [0.1, 0.15) is 11.8 Å². The molecule has 2 atom stereocenters. The fraction of sp³-hybridized carbons (Fsp3) is 0.333. The lowest BCUT2D eigenvalue weighted by molar-refractivity contribution is -0.130. The standard InChI is InChI=1S/C18H20N2O3/c1-3-22-16(14-8-5-4-6-9-14)18(21)20-12-13(2)23-17-15(20)10-7-11-19-17/h4-11,13,16H,3,12H2,1-2H3/t13-,16+/m1/s1. The zero-order valence-electron chi connectivity index (χ0n) is 13.3. The van der Waals surface area contributed by atoms with E-state index in [1.54, 1.807) is 17.2 Å². The average Bonchev–Trinajstić information content (AvgIpc) is 2.59. The number of aromatic nitrogens is 1. The van der Waals surface area contributed by atoms with Gasteiger partial charge in [0, 0.05) is 12.8 Å². The van der Waals surface area contributed by atoms with Crippen molar-refractivity contribution in [3.63, 3.8) is 0 Å². The Hall–Kier alpha value is -2.40. The number of pyridine rings is 1. The number of anilines is 1. The fourth-order valence-electron chi connectivity index (χ4n) is 2.72. The predicted molar refractivity (Wildman–Crippen MR) is 87.5 cm³/mol. The van der Waals surface area contributed by atoms with Gasteiger partial charge in [-0.2, -0.15) is 0 Å². The quantitative estimate of drug-likeness (QED) is 0.871. The maximum atomic E-state index is 13.1. The van der Waals surface area contributed by atoms with Crippen LogP contribution in [0.25, 0.3) is 0 Å². The molecule has 120 valence electrons. The van der Waals surface area contributed by atoms with Crippen molar-refractivity contribution in [2.75, 3.05) is 18.1 Å². The lowest BCUT2D eigenvalue weighted by Crippen LogP contribution is -2.45. The second-order valence-electron chi connectivity index (χ2n) is 5.45. The van der Waals surface area contributed by atoms with E-state index in [1.165, 1.54) is 0 Å². The summed E-state index contributed by atoms with van der Waals surface area (Å²) in [7, 11) is 0. The van der Waals surface area contributed by atoms with E-state index < -0.39 is 6.10 Å². The minimum atomic E-state index is -0.625. The van der Waals surface area contributed by atoms with E-state index in [2.05, 4.69) is 4.98 Å². The lowest BCUT2D eigenvalue weighted by atomic mass is 10.1. The molecule has 0 saturated heterocycles. The van der Waals surface area contributed by atoms with Crippen molar-refractivity contribution >= 4 is 11.6 Å². The number of fused-ring (bicyclic) bond motifs is 1. The predicted octanol–water partition coefficient (Wildman–Crippen LogP) is 2.97. The summed E-state index contributed by atoms with van der Waals surface area (Å²) in [5, 5.41) is 0. The monoisotopic (exact) mass is 312 g/mol. The number of hydrogen-bond donors (Lipinski definition) is 0. The molecule has 1 aromatic heterocycles. The molecular formula is C18H20N2O3. The van der Waals surface area contributed by atoms with Crippen molar-refractivity contribution in [2.24, 2.45) is 0 Å². The third kappa shape index (κ3) is 3.19. The highest BCUT2D eigenvalue weighted by Gasteiger charge is 2.33. The van der Waals surface area contributed by atoms with Crippen molar-refractivity contribution in [1.82, 2.24) is 4.98 Å². The van der Waals surface area contributed by atoms with Crippen molar-refractivity contribution in [2.45, 2.75) is 26.1 Å². The molecule has 1 amide bonds. The van der Waals surface area contributed by atoms with Gasteiger partial charge < -0.3 is 14.4 Å². The first-order chi connectivity index (χ1) is 11.2. The maximum Gasteiger partial charge on any atom is 0.261 e. The van der Waals surface area contributed by atoms with E-state index in [9.17, 15) is 4.79 Å². The molecule has 0 N–H and O–H groups in total. The minimum absolute atomic E-state index is 0.0950. The molecule has 0 saturated carbocycles. The highest BCUT2D eigenvalue weighted by atomic mass is 16.5. The van der Waals surface area contributed by atoms with Crippen LogP contribution >= 0.6 is 0 Å². The third-order valence-corrected chi connectivity index (χ3v) is 3.72. The lowest BCUT2D eigenvalue weighted by Gasteiger charge is -2.34. The summed E-state index contributed by atoms with van der Waals surface area (Å²) >= 11 is 0. The Morgan fingerprint density at radius 1 is 1.35 bits per heavy atom. The Labute approximate surface area is 135 Å². The number of hydrogen-bond acceptors (Lipinski definition) is 4. The van der Waals surface area contributed by atoms with E-state index in [0.717, 1.165) is 5.56 Å². The summed E-state index contributed by atoms with van der Waals surface area (Å²) in [6, 6.07) is 13.2. The number of carbonyl (C=O) groups is 1. The Kier molecular flexibility index (Phi) is 4.57. The first-order valence-electron chi connectivity index (χ1n) is 7.80. The molecule has 0 spiro atoms. The molecule has 23 heavy (non-hydrogen) atoms. The number of carbonyl (C=O) groups excluding carboxylic acids is 1. The van der Waals surface area contributed by atoms with Gasteiger partial charge in [0.05, 0.1) is 6.54 Å². The van der Waals surface area contributed by atoms with Crippen molar-refractivity contribution in [3.8, 4) is 5.88 Å². The van der Waals surface area contributed by atoms with Gasteiger partial charge >= 0.3 is 0 Å². The van der Waals surface area contributed by atoms with Gasteiger partial charge in [-0.1, -0.05) is 30.3 Å². The molecule has 1 aliphatic rings. The molecular weight excluding hydrogens is 292 g/mol. The van der Waals surface area contributed by atoms with Gasteiger partial charge in [0.25, 0.3) is 5.91 Å². The molecule has 0 unspecified atom stereocenters. The first-order valence-corrected chi connectivity index (χ1v) is 7.80. The normalized spacial score (nSPS) is 18.0. The second-order valence-corrected chi connectivity index (χ2v) is 5.45. The van der Waals surface area contributed by atoms with Crippen molar-refractivity contribution in [3.05, 3.63) is 54.2 Å². The Balaban J connectivity index is 1.94. The molecule has 0 aliphatic carbocycles. The molecule has 0 radical (unpaired) electrons. The van der Waals surface area contributed by atoms with Crippen molar-refractivity contribution in [1.29, 1.82) is 0 Å². The van der Waals surface area contributed by atoms with Gasteiger partial charge in [-0.3, -0.25) is 4.79 Å². The highest BCUT2D eigenvalue weighted by molar-refractivity contribution is 5.98. The Morgan fingerprint density at radius 3 is 2.87 bits per heavy atom. The summed E-state index contributed by atoms with van der Waals surface area (Å²) in [5.41, 5.74) is 1.54. The van der Waals surface area contributed by atoms with Gasteiger partial charge in [-0.05, 0) is 31.5 Å². The van der Waals surface area contributed by atoms with Crippen LogP contribution in [0, 0.1) is 0 Å². The van der Waals surface area contributed by atoms with Crippen LogP contribution in [0.5, 0.6) is 5.88 Å². The van der Waals surface area contributed by atoms with Gasteiger partial charge in [0.2, 0.25) is 5.88 Å². The van der Waals surface area contributed by atoms with Crippen LogP contribution in [0.4, 0.5) is 5.69 Å². The van der Waals surface area contributed by atoms with Crippen LogP contribution in [0.3, 0.4) is 0 Å². The molecule has 2 aromatic rings. The number of benzene rings is 1. The third-order valence-electron chi connectivity index (χ3n) is 3.72. The molecule has 2 heterocycles. The van der Waals surface area contributed by atoms with E-state index in [0.29, 0.717) is 24.7 Å². The Morgan fingerprint density at radius 2 is 2.13 bits per heavy atom. The zero-order chi connectivity index (χ0) is 16.2. The first kappa shape index (κ1) is 15.5. The minimum Gasteiger partial charge on any atom is -0.471 e. The summed E-state index contributed by atoms with van der Waals surface area (Å²) in [6.07, 6.45) is 0.926. The molecule has 5 heteroatoms. The SMILES string of the molecule is CCO[C@H](C(=O)N1C[C@@H](C)Oc2ncccc21)c1ccccc1. The van der Waals surface area contributed by atoms with Crippen LogP contribution in [-0.2, 0) is 9.53 Å². The van der Waals surface area contributed by atoms with Crippen LogP contribution in [0.15, 0.2) is 48.7 Å². The van der Waals surface area contributed by atoms with Crippen LogP contribution in [-0.4, -0.2) is 30.1 Å². The molecule has 1 aromatic carbocycles. The number of ether oxygens (including phenoxy) is 2. The summed E-state index contributed by atoms with van der Waals surface area (Å²) in [5.74, 6) is 0.394. The largest absolute Gasteiger partial charge is 0.471 e. The second kappa shape index (κ2) is 6.79. The van der Waals surface area contributed by atoms with Crippen molar-refractivity contribution < 1.29 is 14.3 Å². The molecule has 0 bridgehead atoms. The van der Waals surface area contributed by atoms with Crippen LogP contribution in [0.1, 0.15) is 25.5 Å². The summed E-state index contributed by atoms with van der Waals surface area (Å²) < 4.78 is 11.5. The van der Waals surface area contributed by atoms with Gasteiger partial charge in [-0.25, -0.2) is 4.98 Å². The van der Waals surface area contributed by atoms with Gasteiger partial charge in [-0.15, -0.1) is 0 Å². The summed E-state index contributed by atoms with van der Waals surface area (Å²) in [4.78, 5) is 19.1. The van der Waals surface area contributed by atoms with Crippen LogP contribution < -0.4 is 9.64 Å². The van der Waals surface area contributed by atoms with E-state index in [1.807, 2.05) is 50.2 Å². The highest BCUT2D eigenvalue weighted by Crippen LogP contribution is 2.33. The molecule has 0 fully saturated rings. The molecule has 1 aliphatic heterocycles. The average molecular weight is 312 g/mol. The fourth-order valence-corrected chi connectivity index (χ4v) is 2.72. The summed E-state index contributed by atoms with van der Waals surface area (Å²) in [6.45, 7) is 4.76. The van der Waals surface area contributed by atoms with Gasteiger partial charge in [0.15, 0.2) is 6.10 Å². The van der Waals surface area contributed by atoms with E-state index in [-0.39, 0.29) is 12.0 Å². The van der Waals surface area contributed by atoms with Crippen LogP contribution in [0.2, 0.25) is 0 Å². The smallest absolute Gasteiger partial charge is 0.261 e. The Bertz CT molecular complexity index is 675. The number of amides is 1. The maximum absolute atomic E-state index is 13.1. The van der Waals surface area contributed by atoms with E-state index in [4.69, 9.17) is 9.47 Å².